The molecule has 1 unspecified atom stereocenters. The third kappa shape index (κ3) is 3.21. The number of fused-ring (bicyclic) bond motifs is 1. The molecule has 20 heavy (non-hydrogen) atoms. The molecule has 0 saturated heterocycles. The summed E-state index contributed by atoms with van der Waals surface area (Å²) in [4.78, 5) is 13.5. The Labute approximate surface area is 121 Å². The molecule has 0 spiro atoms. The van der Waals surface area contributed by atoms with Gasteiger partial charge in [-0.15, -0.1) is 6.42 Å². The van der Waals surface area contributed by atoms with E-state index in [4.69, 9.17) is 11.2 Å². The molecule has 106 valence electrons. The van der Waals surface area contributed by atoms with E-state index >= 15 is 0 Å². The molecule has 1 atom stereocenters. The molecule has 0 aromatic heterocycles. The average molecular weight is 271 g/mol. The normalized spacial score (nSPS) is 15.6. The second-order valence-electron chi connectivity index (χ2n) is 4.10. The van der Waals surface area contributed by atoms with Crippen molar-refractivity contribution in [3.05, 3.63) is 35.4 Å². The topological polar surface area (TPSA) is 29.5 Å². The maximum absolute atomic E-state index is 12.0. The summed E-state index contributed by atoms with van der Waals surface area (Å²) in [5.41, 5.74) is 2.92. The van der Waals surface area contributed by atoms with Gasteiger partial charge in [0.05, 0.1) is 12.3 Å². The van der Waals surface area contributed by atoms with E-state index in [1.807, 2.05) is 51.1 Å². The molecule has 0 radical (unpaired) electrons. The second kappa shape index (κ2) is 7.40. The SMILES string of the molecule is C#CC1C=Cc2cc(C)ccc2N1C(=O)OCC.CC. The number of nitrogens with zero attached hydrogens (tertiary/aromatic N) is 1. The summed E-state index contributed by atoms with van der Waals surface area (Å²) >= 11 is 0. The molecule has 3 nitrogen and oxygen atoms in total. The van der Waals surface area contributed by atoms with Crippen LogP contribution in [0.3, 0.4) is 0 Å². The quantitative estimate of drug-likeness (QED) is 0.722. The third-order valence-corrected chi connectivity index (χ3v) is 2.81. The van der Waals surface area contributed by atoms with Crippen molar-refractivity contribution in [1.82, 2.24) is 0 Å². The Morgan fingerprint density at radius 3 is 2.75 bits per heavy atom. The summed E-state index contributed by atoms with van der Waals surface area (Å²) in [6, 6.07) is 5.48. The van der Waals surface area contributed by atoms with Gasteiger partial charge in [0.15, 0.2) is 0 Å². The summed E-state index contributed by atoms with van der Waals surface area (Å²) in [5.74, 6) is 2.59. The van der Waals surface area contributed by atoms with Gasteiger partial charge in [-0.1, -0.05) is 37.5 Å². The average Bonchev–Trinajstić information content (AvgIpc) is 2.48. The monoisotopic (exact) mass is 271 g/mol. The molecular weight excluding hydrogens is 250 g/mol. The standard InChI is InChI=1S/C15H15NO2.C2H6/c1-4-13-8-7-12-10-11(3)6-9-14(12)16(13)15(17)18-5-2;1-2/h1,6-10,13H,5H2,2-3H3;1-2H3. The number of rotatable bonds is 1. The molecule has 0 saturated carbocycles. The number of benzene rings is 1. The molecule has 3 heteroatoms. The molecule has 1 aromatic rings. The number of terminal acetylenes is 1. The first-order chi connectivity index (χ1) is 9.67. The van der Waals surface area contributed by atoms with E-state index in [9.17, 15) is 4.79 Å². The molecule has 0 bridgehead atoms. The van der Waals surface area contributed by atoms with Gasteiger partial charge in [0.1, 0.15) is 6.04 Å². The van der Waals surface area contributed by atoms with Crippen molar-refractivity contribution in [1.29, 1.82) is 0 Å². The fraction of sp³-hybridized carbons (Fsp3) is 0.353. The molecule has 1 amide bonds. The predicted octanol–water partition coefficient (Wildman–Crippen LogP) is 4.01. The summed E-state index contributed by atoms with van der Waals surface area (Å²) in [5, 5.41) is 0. The van der Waals surface area contributed by atoms with Gasteiger partial charge in [0, 0.05) is 0 Å². The van der Waals surface area contributed by atoms with Crippen molar-refractivity contribution in [2.24, 2.45) is 0 Å². The smallest absolute Gasteiger partial charge is 0.415 e. The van der Waals surface area contributed by atoms with Crippen LogP contribution in [0.1, 0.15) is 31.9 Å². The first-order valence-electron chi connectivity index (χ1n) is 6.88. The number of anilines is 1. The molecule has 1 aliphatic heterocycles. The molecule has 0 N–H and O–H groups in total. The molecule has 1 aliphatic rings. The Morgan fingerprint density at radius 2 is 2.15 bits per heavy atom. The van der Waals surface area contributed by atoms with E-state index in [0.717, 1.165) is 16.8 Å². The molecule has 0 fully saturated rings. The van der Waals surface area contributed by atoms with E-state index in [0.29, 0.717) is 6.61 Å². The minimum Gasteiger partial charge on any atom is -0.449 e. The number of hydrogen-bond acceptors (Lipinski definition) is 2. The van der Waals surface area contributed by atoms with E-state index in [1.165, 1.54) is 4.90 Å². The van der Waals surface area contributed by atoms with Crippen LogP contribution in [0.4, 0.5) is 10.5 Å². The van der Waals surface area contributed by atoms with Crippen molar-refractivity contribution in [2.75, 3.05) is 11.5 Å². The lowest BCUT2D eigenvalue weighted by atomic mass is 10.0. The minimum absolute atomic E-state index is 0.331. The fourth-order valence-electron chi connectivity index (χ4n) is 1.99. The van der Waals surface area contributed by atoms with Crippen molar-refractivity contribution in [3.8, 4) is 12.3 Å². The van der Waals surface area contributed by atoms with E-state index in [-0.39, 0.29) is 6.04 Å². The van der Waals surface area contributed by atoms with E-state index in [2.05, 4.69) is 5.92 Å². The molecule has 2 rings (SSSR count). The lowest BCUT2D eigenvalue weighted by Gasteiger charge is -2.30. The van der Waals surface area contributed by atoms with Gasteiger partial charge in [0.25, 0.3) is 0 Å². The van der Waals surface area contributed by atoms with Gasteiger partial charge in [-0.2, -0.15) is 0 Å². The number of hydrogen-bond donors (Lipinski definition) is 0. The third-order valence-electron chi connectivity index (χ3n) is 2.81. The lowest BCUT2D eigenvalue weighted by molar-refractivity contribution is 0.159. The predicted molar refractivity (Wildman–Crippen MR) is 83.7 cm³/mol. The largest absolute Gasteiger partial charge is 0.449 e. The van der Waals surface area contributed by atoms with Crippen molar-refractivity contribution >= 4 is 17.9 Å². The zero-order valence-corrected chi connectivity index (χ0v) is 12.5. The van der Waals surface area contributed by atoms with Gasteiger partial charge in [0.2, 0.25) is 0 Å². The molecule has 0 aliphatic carbocycles. The maximum atomic E-state index is 12.0. The van der Waals surface area contributed by atoms with Crippen LogP contribution >= 0.6 is 0 Å². The Bertz CT molecular complexity index is 540. The Kier molecular flexibility index (Phi) is 5.86. The molecule has 1 heterocycles. The highest BCUT2D eigenvalue weighted by Crippen LogP contribution is 2.30. The van der Waals surface area contributed by atoms with Gasteiger partial charge >= 0.3 is 6.09 Å². The van der Waals surface area contributed by atoms with Crippen molar-refractivity contribution in [3.63, 3.8) is 0 Å². The summed E-state index contributed by atoms with van der Waals surface area (Å²) in [6.07, 6.45) is 8.84. The lowest BCUT2D eigenvalue weighted by Crippen LogP contribution is -2.40. The number of amides is 1. The first-order valence-corrected chi connectivity index (χ1v) is 6.88. The fourth-order valence-corrected chi connectivity index (χ4v) is 1.99. The number of ether oxygens (including phenoxy) is 1. The Morgan fingerprint density at radius 1 is 1.45 bits per heavy atom. The number of carbonyl (C=O) groups excluding carboxylic acids is 1. The van der Waals surface area contributed by atoms with Gasteiger partial charge in [-0.3, -0.25) is 4.90 Å². The zero-order chi connectivity index (χ0) is 15.1. The first kappa shape index (κ1) is 15.8. The molecule has 1 aromatic carbocycles. The van der Waals surface area contributed by atoms with Gasteiger partial charge in [-0.25, -0.2) is 4.79 Å². The maximum Gasteiger partial charge on any atom is 0.415 e. The highest BCUT2D eigenvalue weighted by Gasteiger charge is 2.27. The minimum atomic E-state index is -0.407. The van der Waals surface area contributed by atoms with Crippen molar-refractivity contribution in [2.45, 2.75) is 33.7 Å². The van der Waals surface area contributed by atoms with Crippen LogP contribution in [-0.4, -0.2) is 18.7 Å². The van der Waals surface area contributed by atoms with Crippen LogP contribution in [0.25, 0.3) is 6.08 Å². The second-order valence-corrected chi connectivity index (χ2v) is 4.10. The van der Waals surface area contributed by atoms with E-state index in [1.54, 1.807) is 6.92 Å². The van der Waals surface area contributed by atoms with Crippen molar-refractivity contribution < 1.29 is 9.53 Å². The summed E-state index contributed by atoms with van der Waals surface area (Å²) in [7, 11) is 0. The van der Waals surface area contributed by atoms with Gasteiger partial charge in [-0.05, 0) is 37.6 Å². The van der Waals surface area contributed by atoms with Crippen LogP contribution in [0.15, 0.2) is 24.3 Å². The summed E-state index contributed by atoms with van der Waals surface area (Å²) < 4.78 is 5.06. The van der Waals surface area contributed by atoms with Crippen LogP contribution in [0.5, 0.6) is 0 Å². The van der Waals surface area contributed by atoms with Crippen LogP contribution in [-0.2, 0) is 4.74 Å². The van der Waals surface area contributed by atoms with E-state index < -0.39 is 6.09 Å². The van der Waals surface area contributed by atoms with Crippen LogP contribution in [0, 0.1) is 19.3 Å². The zero-order valence-electron chi connectivity index (χ0n) is 12.5. The van der Waals surface area contributed by atoms with Crippen LogP contribution in [0.2, 0.25) is 0 Å². The highest BCUT2D eigenvalue weighted by molar-refractivity contribution is 5.94. The Balaban J connectivity index is 0.000000956. The van der Waals surface area contributed by atoms with Gasteiger partial charge < -0.3 is 4.74 Å². The highest BCUT2D eigenvalue weighted by atomic mass is 16.6. The number of aryl methyl sites for hydroxylation is 1. The summed E-state index contributed by atoms with van der Waals surface area (Å²) in [6.45, 7) is 8.12. The Hall–Kier alpha value is -2.21. The van der Waals surface area contributed by atoms with Crippen LogP contribution < -0.4 is 4.90 Å². The molecular formula is C17H21NO2. The number of carbonyl (C=O) groups is 1.